The fraction of sp³-hybridized carbons (Fsp3) is 0.692. The van der Waals surface area contributed by atoms with Crippen LogP contribution in [0, 0.1) is 12.8 Å². The summed E-state index contributed by atoms with van der Waals surface area (Å²) in [5, 5.41) is 3.27. The highest BCUT2D eigenvalue weighted by molar-refractivity contribution is 5.57. The van der Waals surface area contributed by atoms with E-state index in [2.05, 4.69) is 41.1 Å². The van der Waals surface area contributed by atoms with Gasteiger partial charge in [-0.3, -0.25) is 0 Å². The van der Waals surface area contributed by atoms with Gasteiger partial charge in [0, 0.05) is 25.7 Å². The Morgan fingerprint density at radius 1 is 1.41 bits per heavy atom. The van der Waals surface area contributed by atoms with E-state index in [9.17, 15) is 0 Å². The second-order valence-electron chi connectivity index (χ2n) is 4.88. The van der Waals surface area contributed by atoms with Crippen LogP contribution in [0.2, 0.25) is 0 Å². The van der Waals surface area contributed by atoms with Gasteiger partial charge < -0.3 is 10.2 Å². The fourth-order valence-electron chi connectivity index (χ4n) is 2.32. The molecule has 1 heterocycles. The van der Waals surface area contributed by atoms with Crippen LogP contribution >= 0.6 is 0 Å². The van der Waals surface area contributed by atoms with Crippen molar-refractivity contribution in [1.82, 2.24) is 9.97 Å². The summed E-state index contributed by atoms with van der Waals surface area (Å²) in [4.78, 5) is 10.9. The lowest BCUT2D eigenvalue weighted by molar-refractivity contribution is 0.321. The van der Waals surface area contributed by atoms with Gasteiger partial charge in [-0.15, -0.1) is 0 Å². The normalized spacial score (nSPS) is 15.5. The van der Waals surface area contributed by atoms with Crippen molar-refractivity contribution in [3.8, 4) is 0 Å². The minimum absolute atomic E-state index is 0.858. The third kappa shape index (κ3) is 2.68. The molecule has 1 fully saturated rings. The molecule has 0 aliphatic heterocycles. The summed E-state index contributed by atoms with van der Waals surface area (Å²) >= 11 is 0. The van der Waals surface area contributed by atoms with Crippen molar-refractivity contribution in [1.29, 1.82) is 0 Å². The lowest BCUT2D eigenvalue weighted by Crippen LogP contribution is -2.30. The average Bonchev–Trinajstić information content (AvgIpc) is 2.26. The van der Waals surface area contributed by atoms with Crippen molar-refractivity contribution in [3.63, 3.8) is 0 Å². The Morgan fingerprint density at radius 2 is 2.18 bits per heavy atom. The predicted molar refractivity (Wildman–Crippen MR) is 71.5 cm³/mol. The van der Waals surface area contributed by atoms with Crippen LogP contribution in [-0.2, 0) is 0 Å². The van der Waals surface area contributed by atoms with Gasteiger partial charge in [-0.25, -0.2) is 9.97 Å². The molecule has 0 spiro atoms. The largest absolute Gasteiger partial charge is 0.370 e. The summed E-state index contributed by atoms with van der Waals surface area (Å²) in [6.07, 6.45) is 5.78. The van der Waals surface area contributed by atoms with Gasteiger partial charge in [0.15, 0.2) is 0 Å². The third-order valence-electron chi connectivity index (χ3n) is 3.52. The highest BCUT2D eigenvalue weighted by atomic mass is 15.2. The van der Waals surface area contributed by atoms with Gasteiger partial charge in [0.05, 0.1) is 0 Å². The third-order valence-corrected chi connectivity index (χ3v) is 3.52. The fourth-order valence-corrected chi connectivity index (χ4v) is 2.32. The highest BCUT2D eigenvalue weighted by Gasteiger charge is 2.20. The molecule has 2 rings (SSSR count). The second kappa shape index (κ2) is 5.34. The molecule has 0 radical (unpaired) electrons. The molecule has 0 amide bonds. The first-order valence-corrected chi connectivity index (χ1v) is 6.49. The first-order valence-electron chi connectivity index (χ1n) is 6.49. The highest BCUT2D eigenvalue weighted by Crippen LogP contribution is 2.29. The van der Waals surface area contributed by atoms with Gasteiger partial charge in [-0.1, -0.05) is 6.42 Å². The average molecular weight is 234 g/mol. The van der Waals surface area contributed by atoms with Crippen LogP contribution in [0.15, 0.2) is 6.33 Å². The lowest BCUT2D eigenvalue weighted by Gasteiger charge is -2.31. The standard InChI is InChI=1S/C13H22N4/c1-4-14-12-10(2)13(16-9-15-12)17(3)8-11-6-5-7-11/h9,11H,4-8H2,1-3H3,(H,14,15,16). The number of anilines is 2. The van der Waals surface area contributed by atoms with E-state index in [1.807, 2.05) is 0 Å². The summed E-state index contributed by atoms with van der Waals surface area (Å²) < 4.78 is 0. The Balaban J connectivity index is 2.10. The molecule has 1 aromatic heterocycles. The van der Waals surface area contributed by atoms with Gasteiger partial charge in [0.25, 0.3) is 0 Å². The number of hydrogen-bond donors (Lipinski definition) is 1. The number of rotatable bonds is 5. The van der Waals surface area contributed by atoms with Crippen LogP contribution in [0.4, 0.5) is 11.6 Å². The van der Waals surface area contributed by atoms with Gasteiger partial charge >= 0.3 is 0 Å². The Morgan fingerprint density at radius 3 is 2.76 bits per heavy atom. The molecule has 1 aliphatic carbocycles. The molecule has 0 bridgehead atoms. The molecule has 0 unspecified atom stereocenters. The molecular formula is C13H22N4. The Kier molecular flexibility index (Phi) is 3.82. The molecule has 4 heteroatoms. The van der Waals surface area contributed by atoms with Gasteiger partial charge in [-0.05, 0) is 32.6 Å². The maximum Gasteiger partial charge on any atom is 0.136 e. The minimum atomic E-state index is 0.858. The summed E-state index contributed by atoms with van der Waals surface area (Å²) in [7, 11) is 2.13. The molecule has 94 valence electrons. The summed E-state index contributed by atoms with van der Waals surface area (Å²) in [5.74, 6) is 2.87. The predicted octanol–water partition coefficient (Wildman–Crippen LogP) is 2.45. The van der Waals surface area contributed by atoms with E-state index in [1.165, 1.54) is 19.3 Å². The van der Waals surface area contributed by atoms with Crippen LogP contribution in [0.5, 0.6) is 0 Å². The van der Waals surface area contributed by atoms with E-state index in [1.54, 1.807) is 6.33 Å². The van der Waals surface area contributed by atoms with Crippen molar-refractivity contribution < 1.29 is 0 Å². The van der Waals surface area contributed by atoms with E-state index >= 15 is 0 Å². The van der Waals surface area contributed by atoms with Gasteiger partial charge in [0.2, 0.25) is 0 Å². The topological polar surface area (TPSA) is 41.1 Å². The molecule has 4 nitrogen and oxygen atoms in total. The minimum Gasteiger partial charge on any atom is -0.370 e. The zero-order chi connectivity index (χ0) is 12.3. The Bertz CT molecular complexity index is 374. The smallest absolute Gasteiger partial charge is 0.136 e. The molecule has 17 heavy (non-hydrogen) atoms. The first-order chi connectivity index (χ1) is 8.22. The van der Waals surface area contributed by atoms with Crippen LogP contribution < -0.4 is 10.2 Å². The first kappa shape index (κ1) is 12.1. The molecule has 0 aromatic carbocycles. The quantitative estimate of drug-likeness (QED) is 0.849. The Labute approximate surface area is 103 Å². The van der Waals surface area contributed by atoms with Crippen LogP contribution in [0.1, 0.15) is 31.7 Å². The van der Waals surface area contributed by atoms with Crippen molar-refractivity contribution in [2.45, 2.75) is 33.1 Å². The van der Waals surface area contributed by atoms with Crippen molar-refractivity contribution in [3.05, 3.63) is 11.9 Å². The Hall–Kier alpha value is -1.32. The summed E-state index contributed by atoms with van der Waals surface area (Å²) in [5.41, 5.74) is 1.15. The molecule has 1 N–H and O–H groups in total. The molecule has 0 saturated heterocycles. The lowest BCUT2D eigenvalue weighted by atomic mass is 9.85. The molecule has 1 aliphatic rings. The van der Waals surface area contributed by atoms with Crippen LogP contribution in [0.3, 0.4) is 0 Å². The van der Waals surface area contributed by atoms with Crippen molar-refractivity contribution in [2.24, 2.45) is 5.92 Å². The van der Waals surface area contributed by atoms with E-state index in [-0.39, 0.29) is 0 Å². The zero-order valence-corrected chi connectivity index (χ0v) is 11.0. The van der Waals surface area contributed by atoms with Gasteiger partial charge in [-0.2, -0.15) is 0 Å². The van der Waals surface area contributed by atoms with E-state index in [4.69, 9.17) is 0 Å². The monoisotopic (exact) mass is 234 g/mol. The van der Waals surface area contributed by atoms with Gasteiger partial charge in [0.1, 0.15) is 18.0 Å². The summed E-state index contributed by atoms with van der Waals surface area (Å²) in [6.45, 7) is 6.18. The van der Waals surface area contributed by atoms with Crippen molar-refractivity contribution in [2.75, 3.05) is 30.4 Å². The molecule has 1 saturated carbocycles. The second-order valence-corrected chi connectivity index (χ2v) is 4.88. The number of nitrogens with zero attached hydrogens (tertiary/aromatic N) is 3. The molecule has 0 atom stereocenters. The zero-order valence-electron chi connectivity index (χ0n) is 11.0. The number of nitrogens with one attached hydrogen (secondary N) is 1. The van der Waals surface area contributed by atoms with Crippen molar-refractivity contribution >= 4 is 11.6 Å². The van der Waals surface area contributed by atoms with Crippen LogP contribution in [-0.4, -0.2) is 30.1 Å². The van der Waals surface area contributed by atoms with Crippen LogP contribution in [0.25, 0.3) is 0 Å². The summed E-state index contributed by atoms with van der Waals surface area (Å²) in [6, 6.07) is 0. The van der Waals surface area contributed by atoms with E-state index in [0.717, 1.165) is 36.2 Å². The van der Waals surface area contributed by atoms with E-state index < -0.39 is 0 Å². The van der Waals surface area contributed by atoms with E-state index in [0.29, 0.717) is 0 Å². The maximum atomic E-state index is 4.41. The number of hydrogen-bond acceptors (Lipinski definition) is 4. The molecule has 1 aromatic rings. The molecular weight excluding hydrogens is 212 g/mol. The number of aromatic nitrogens is 2. The maximum absolute atomic E-state index is 4.41. The SMILES string of the molecule is CCNc1ncnc(N(C)CC2CCC2)c1C.